The molecule has 0 saturated carbocycles. The van der Waals surface area contributed by atoms with Gasteiger partial charge >= 0.3 is 5.97 Å². The Kier molecular flexibility index (Phi) is 9.56. The molecule has 1 unspecified atom stereocenters. The fourth-order valence-electron chi connectivity index (χ4n) is 1.79. The van der Waals surface area contributed by atoms with Crippen molar-refractivity contribution in [3.63, 3.8) is 0 Å². The second kappa shape index (κ2) is 9.68. The number of ether oxygens (including phenoxy) is 1. The smallest absolute Gasteiger partial charge is 0.326 e. The van der Waals surface area contributed by atoms with Crippen molar-refractivity contribution in [3.05, 3.63) is 0 Å². The van der Waals surface area contributed by atoms with Gasteiger partial charge in [-0.15, -0.1) is 0 Å². The lowest BCUT2D eigenvalue weighted by atomic mass is 9.96. The van der Waals surface area contributed by atoms with Crippen LogP contribution in [0.3, 0.4) is 0 Å². The van der Waals surface area contributed by atoms with Crippen molar-refractivity contribution in [2.75, 3.05) is 24.7 Å². The Morgan fingerprint density at radius 3 is 2.56 bits per heavy atom. The van der Waals surface area contributed by atoms with Gasteiger partial charge in [0.1, 0.15) is 5.54 Å². The van der Waals surface area contributed by atoms with Crippen LogP contribution in [-0.2, 0) is 9.53 Å². The van der Waals surface area contributed by atoms with E-state index in [1.54, 1.807) is 0 Å². The van der Waals surface area contributed by atoms with Crippen LogP contribution in [0.4, 0.5) is 0 Å². The lowest BCUT2D eigenvalue weighted by Gasteiger charge is -2.28. The Morgan fingerprint density at radius 1 is 1.39 bits per heavy atom. The molecule has 4 heteroatoms. The number of nitrogens with one attached hydrogen (secondary N) is 1. The van der Waals surface area contributed by atoms with E-state index in [1.165, 1.54) is 5.75 Å². The quantitative estimate of drug-likeness (QED) is 0.491. The summed E-state index contributed by atoms with van der Waals surface area (Å²) in [4.78, 5) is 11.9. The van der Waals surface area contributed by atoms with Crippen molar-refractivity contribution < 1.29 is 9.53 Å². The summed E-state index contributed by atoms with van der Waals surface area (Å²) in [6, 6.07) is 0. The summed E-state index contributed by atoms with van der Waals surface area (Å²) in [5.41, 5.74) is -0.525. The Hall–Kier alpha value is -0.220. The van der Waals surface area contributed by atoms with Gasteiger partial charge in [0.2, 0.25) is 0 Å². The minimum absolute atomic E-state index is 0.124. The average molecular weight is 275 g/mol. The van der Waals surface area contributed by atoms with Crippen LogP contribution in [0.5, 0.6) is 0 Å². The van der Waals surface area contributed by atoms with Crippen molar-refractivity contribution in [1.29, 1.82) is 0 Å². The van der Waals surface area contributed by atoms with E-state index in [0.29, 0.717) is 6.61 Å². The number of carbonyl (C=O) groups excluding carboxylic acids is 1. The normalized spacial score (nSPS) is 14.6. The van der Waals surface area contributed by atoms with Gasteiger partial charge in [-0.2, -0.15) is 11.8 Å². The molecule has 0 rings (SSSR count). The number of carbonyl (C=O) groups is 1. The molecule has 0 aromatic carbocycles. The lowest BCUT2D eigenvalue weighted by Crippen LogP contribution is -2.50. The maximum Gasteiger partial charge on any atom is 0.326 e. The molecule has 0 bridgehead atoms. The fraction of sp³-hybridized carbons (Fsp3) is 0.929. The molecule has 0 aliphatic heterocycles. The molecule has 3 nitrogen and oxygen atoms in total. The number of esters is 1. The van der Waals surface area contributed by atoms with Crippen LogP contribution in [-0.4, -0.2) is 36.2 Å². The molecule has 0 radical (unpaired) electrons. The van der Waals surface area contributed by atoms with Crippen LogP contribution in [0.25, 0.3) is 0 Å². The summed E-state index contributed by atoms with van der Waals surface area (Å²) in [6.45, 7) is 11.5. The minimum Gasteiger partial charge on any atom is -0.465 e. The van der Waals surface area contributed by atoms with Gasteiger partial charge in [-0.05, 0) is 50.7 Å². The fourth-order valence-corrected chi connectivity index (χ4v) is 2.78. The van der Waals surface area contributed by atoms with Gasteiger partial charge in [0.15, 0.2) is 0 Å². The standard InChI is InChI=1S/C14H29NO2S/c1-6-15-14(5,13(16)17-7-2)9-8-10-18-11-12(3)4/h12,15H,6-11H2,1-5H3. The molecule has 108 valence electrons. The van der Waals surface area contributed by atoms with Gasteiger partial charge < -0.3 is 10.1 Å². The molecule has 0 aliphatic rings. The highest BCUT2D eigenvalue weighted by atomic mass is 32.2. The van der Waals surface area contributed by atoms with Gasteiger partial charge in [0.25, 0.3) is 0 Å². The summed E-state index contributed by atoms with van der Waals surface area (Å²) in [7, 11) is 0. The van der Waals surface area contributed by atoms with E-state index < -0.39 is 5.54 Å². The van der Waals surface area contributed by atoms with E-state index in [4.69, 9.17) is 4.74 Å². The molecule has 0 heterocycles. The van der Waals surface area contributed by atoms with E-state index in [2.05, 4.69) is 19.2 Å². The average Bonchev–Trinajstić information content (AvgIpc) is 2.28. The molecule has 0 saturated heterocycles. The number of thioether (sulfide) groups is 1. The van der Waals surface area contributed by atoms with Gasteiger partial charge in [0.05, 0.1) is 6.61 Å². The topological polar surface area (TPSA) is 38.3 Å². The highest BCUT2D eigenvalue weighted by molar-refractivity contribution is 7.99. The molecule has 0 amide bonds. The van der Waals surface area contributed by atoms with E-state index in [9.17, 15) is 4.79 Å². The predicted molar refractivity (Wildman–Crippen MR) is 80.1 cm³/mol. The van der Waals surface area contributed by atoms with Gasteiger partial charge in [-0.1, -0.05) is 20.8 Å². The van der Waals surface area contributed by atoms with Crippen molar-refractivity contribution in [2.24, 2.45) is 5.92 Å². The number of hydrogen-bond donors (Lipinski definition) is 1. The molecular weight excluding hydrogens is 246 g/mol. The minimum atomic E-state index is -0.525. The van der Waals surface area contributed by atoms with Crippen LogP contribution >= 0.6 is 11.8 Å². The Morgan fingerprint density at radius 2 is 2.06 bits per heavy atom. The van der Waals surface area contributed by atoms with Crippen molar-refractivity contribution in [2.45, 2.75) is 53.0 Å². The third kappa shape index (κ3) is 7.27. The highest BCUT2D eigenvalue weighted by Gasteiger charge is 2.32. The van der Waals surface area contributed by atoms with Crippen molar-refractivity contribution in [1.82, 2.24) is 5.32 Å². The number of rotatable bonds is 10. The molecule has 0 aromatic heterocycles. The molecule has 0 aliphatic carbocycles. The Balaban J connectivity index is 4.06. The second-order valence-corrected chi connectivity index (χ2v) is 6.31. The first-order valence-corrected chi connectivity index (χ1v) is 8.11. The monoisotopic (exact) mass is 275 g/mol. The summed E-state index contributed by atoms with van der Waals surface area (Å²) < 4.78 is 5.15. The van der Waals surface area contributed by atoms with Gasteiger partial charge in [-0.25, -0.2) is 0 Å². The first kappa shape index (κ1) is 17.8. The molecule has 18 heavy (non-hydrogen) atoms. The van der Waals surface area contributed by atoms with Gasteiger partial charge in [0, 0.05) is 0 Å². The Labute approximate surface area is 116 Å². The molecule has 1 N–H and O–H groups in total. The summed E-state index contributed by atoms with van der Waals surface area (Å²) in [5.74, 6) is 2.91. The third-order valence-electron chi connectivity index (χ3n) is 2.71. The Bertz CT molecular complexity index is 234. The van der Waals surface area contributed by atoms with Gasteiger partial charge in [-0.3, -0.25) is 4.79 Å². The van der Waals surface area contributed by atoms with E-state index in [1.807, 2.05) is 32.5 Å². The SMILES string of the molecule is CCNC(C)(CCCSCC(C)C)C(=O)OCC. The zero-order valence-corrected chi connectivity index (χ0v) is 13.4. The van der Waals surface area contributed by atoms with Crippen LogP contribution in [0, 0.1) is 5.92 Å². The van der Waals surface area contributed by atoms with Crippen LogP contribution in [0.15, 0.2) is 0 Å². The number of likely N-dealkylation sites (N-methyl/N-ethyl adjacent to an activating group) is 1. The first-order chi connectivity index (χ1) is 8.46. The molecule has 0 spiro atoms. The largest absolute Gasteiger partial charge is 0.465 e. The summed E-state index contributed by atoms with van der Waals surface area (Å²) in [6.07, 6.45) is 1.88. The van der Waals surface area contributed by atoms with Crippen LogP contribution in [0.1, 0.15) is 47.5 Å². The molecule has 0 fully saturated rings. The zero-order valence-electron chi connectivity index (χ0n) is 12.5. The first-order valence-electron chi connectivity index (χ1n) is 6.96. The van der Waals surface area contributed by atoms with E-state index in [-0.39, 0.29) is 5.97 Å². The molecule has 1 atom stereocenters. The maximum absolute atomic E-state index is 11.9. The predicted octanol–water partition coefficient (Wildman–Crippen LogP) is 3.09. The summed E-state index contributed by atoms with van der Waals surface area (Å²) in [5, 5.41) is 3.26. The third-order valence-corrected chi connectivity index (χ3v) is 4.19. The maximum atomic E-state index is 11.9. The number of hydrogen-bond acceptors (Lipinski definition) is 4. The second-order valence-electron chi connectivity index (χ2n) is 5.16. The zero-order chi connectivity index (χ0) is 14.0. The van der Waals surface area contributed by atoms with Crippen molar-refractivity contribution in [3.8, 4) is 0 Å². The summed E-state index contributed by atoms with van der Waals surface area (Å²) >= 11 is 1.97. The van der Waals surface area contributed by atoms with Crippen molar-refractivity contribution >= 4 is 17.7 Å². The highest BCUT2D eigenvalue weighted by Crippen LogP contribution is 2.18. The van der Waals surface area contributed by atoms with Crippen LogP contribution < -0.4 is 5.32 Å². The van der Waals surface area contributed by atoms with E-state index >= 15 is 0 Å². The van der Waals surface area contributed by atoms with E-state index in [0.717, 1.165) is 31.1 Å². The van der Waals surface area contributed by atoms with Crippen LogP contribution in [0.2, 0.25) is 0 Å². The lowest BCUT2D eigenvalue weighted by molar-refractivity contribution is -0.150. The molecule has 0 aromatic rings. The molecular formula is C14H29NO2S.